The van der Waals surface area contributed by atoms with Crippen LogP contribution >= 0.6 is 0 Å². The van der Waals surface area contributed by atoms with Crippen molar-refractivity contribution in [1.82, 2.24) is 15.3 Å². The van der Waals surface area contributed by atoms with Crippen molar-refractivity contribution in [3.05, 3.63) is 54.1 Å². The number of pyridine rings is 2. The minimum atomic E-state index is -0.155. The highest BCUT2D eigenvalue weighted by atomic mass is 16.1. The number of rotatable bonds is 6. The lowest BCUT2D eigenvalue weighted by molar-refractivity contribution is 0.0939. The number of nitrogens with one attached hydrogen (secondary N) is 2. The van der Waals surface area contributed by atoms with Gasteiger partial charge in [-0.1, -0.05) is 13.0 Å². The molecular weight excluding hydrogens is 264 g/mol. The predicted octanol–water partition coefficient (Wildman–Crippen LogP) is 2.79. The molecule has 2 N–H and O–H groups in total. The first-order chi connectivity index (χ1) is 10.2. The lowest BCUT2D eigenvalue weighted by atomic mass is 10.1. The smallest absolute Gasteiger partial charge is 0.255 e. The Morgan fingerprint density at radius 3 is 2.86 bits per heavy atom. The van der Waals surface area contributed by atoms with Crippen LogP contribution in [0.5, 0.6) is 0 Å². The van der Waals surface area contributed by atoms with Gasteiger partial charge < -0.3 is 10.6 Å². The summed E-state index contributed by atoms with van der Waals surface area (Å²) in [5.74, 6) is -0.153. The molecule has 0 bridgehead atoms. The number of carbonyl (C=O) groups is 1. The second kappa shape index (κ2) is 7.38. The Kier molecular flexibility index (Phi) is 5.26. The number of carbonyl (C=O) groups excluding carboxylic acids is 1. The molecule has 1 unspecified atom stereocenters. The molecule has 5 nitrogen and oxygen atoms in total. The quantitative estimate of drug-likeness (QED) is 0.856. The minimum absolute atomic E-state index is 0.153. The molecule has 5 heteroatoms. The van der Waals surface area contributed by atoms with Crippen molar-refractivity contribution in [1.29, 1.82) is 0 Å². The maximum Gasteiger partial charge on any atom is 0.255 e. The molecule has 110 valence electrons. The molecule has 0 saturated heterocycles. The zero-order valence-corrected chi connectivity index (χ0v) is 12.3. The van der Waals surface area contributed by atoms with E-state index < -0.39 is 0 Å². The van der Waals surface area contributed by atoms with Crippen LogP contribution in [0.2, 0.25) is 0 Å². The van der Waals surface area contributed by atoms with Crippen LogP contribution in [-0.4, -0.2) is 22.4 Å². The number of hydrogen-bond donors (Lipinski definition) is 2. The van der Waals surface area contributed by atoms with Crippen LogP contribution in [-0.2, 0) is 0 Å². The molecule has 2 rings (SSSR count). The van der Waals surface area contributed by atoms with Crippen molar-refractivity contribution < 1.29 is 4.79 Å². The molecule has 21 heavy (non-hydrogen) atoms. The van der Waals surface area contributed by atoms with E-state index in [1.807, 2.05) is 31.2 Å². The Hall–Kier alpha value is -2.43. The van der Waals surface area contributed by atoms with E-state index in [0.717, 1.165) is 24.3 Å². The van der Waals surface area contributed by atoms with Crippen molar-refractivity contribution in [3.63, 3.8) is 0 Å². The molecule has 0 saturated carbocycles. The van der Waals surface area contributed by atoms with Gasteiger partial charge in [-0.25, -0.2) is 0 Å². The van der Waals surface area contributed by atoms with E-state index in [1.165, 1.54) is 0 Å². The second-order valence-electron chi connectivity index (χ2n) is 4.80. The maximum absolute atomic E-state index is 12.4. The molecular formula is C16H20N4O. The van der Waals surface area contributed by atoms with Gasteiger partial charge in [0.1, 0.15) is 0 Å². The molecule has 2 aromatic heterocycles. The summed E-state index contributed by atoms with van der Waals surface area (Å²) in [5, 5.41) is 6.19. The van der Waals surface area contributed by atoms with Crippen LogP contribution in [0, 0.1) is 0 Å². The fourth-order valence-corrected chi connectivity index (χ4v) is 1.97. The summed E-state index contributed by atoms with van der Waals surface area (Å²) >= 11 is 0. The highest BCUT2D eigenvalue weighted by Crippen LogP contribution is 2.16. The third kappa shape index (κ3) is 4.02. The first kappa shape index (κ1) is 15.0. The average Bonchev–Trinajstić information content (AvgIpc) is 2.54. The Bertz CT molecular complexity index is 586. The summed E-state index contributed by atoms with van der Waals surface area (Å²) in [6, 6.07) is 7.31. The number of aromatic nitrogens is 2. The average molecular weight is 284 g/mol. The van der Waals surface area contributed by atoms with Crippen molar-refractivity contribution in [2.45, 2.75) is 26.3 Å². The molecule has 1 amide bonds. The molecule has 2 aromatic rings. The van der Waals surface area contributed by atoms with E-state index >= 15 is 0 Å². The largest absolute Gasteiger partial charge is 0.384 e. The van der Waals surface area contributed by atoms with Crippen molar-refractivity contribution in [2.24, 2.45) is 0 Å². The zero-order valence-electron chi connectivity index (χ0n) is 12.3. The van der Waals surface area contributed by atoms with Gasteiger partial charge in [0.25, 0.3) is 5.91 Å². The van der Waals surface area contributed by atoms with E-state index in [-0.39, 0.29) is 11.9 Å². The van der Waals surface area contributed by atoms with Crippen molar-refractivity contribution >= 4 is 11.6 Å². The normalized spacial score (nSPS) is 11.7. The Labute approximate surface area is 124 Å². The van der Waals surface area contributed by atoms with Crippen LogP contribution in [0.4, 0.5) is 5.69 Å². The van der Waals surface area contributed by atoms with E-state index in [4.69, 9.17) is 0 Å². The van der Waals surface area contributed by atoms with Gasteiger partial charge in [0.2, 0.25) is 0 Å². The summed E-state index contributed by atoms with van der Waals surface area (Å²) < 4.78 is 0. The SMILES string of the molecule is CCCNc1ccncc1C(=O)NC(C)c1ccccn1. The maximum atomic E-state index is 12.4. The summed E-state index contributed by atoms with van der Waals surface area (Å²) in [5.41, 5.74) is 2.18. The first-order valence-corrected chi connectivity index (χ1v) is 7.12. The number of hydrogen-bond acceptors (Lipinski definition) is 4. The van der Waals surface area contributed by atoms with Crippen molar-refractivity contribution in [3.8, 4) is 0 Å². The van der Waals surface area contributed by atoms with Crippen molar-refractivity contribution in [2.75, 3.05) is 11.9 Å². The van der Waals surface area contributed by atoms with E-state index in [9.17, 15) is 4.79 Å². The zero-order chi connectivity index (χ0) is 15.1. The van der Waals surface area contributed by atoms with Gasteiger partial charge >= 0.3 is 0 Å². The van der Waals surface area contributed by atoms with E-state index in [2.05, 4.69) is 27.5 Å². The topological polar surface area (TPSA) is 66.9 Å². The minimum Gasteiger partial charge on any atom is -0.384 e. The van der Waals surface area contributed by atoms with Crippen LogP contribution in [0.15, 0.2) is 42.9 Å². The lowest BCUT2D eigenvalue weighted by Crippen LogP contribution is -2.28. The Morgan fingerprint density at radius 2 is 2.14 bits per heavy atom. The predicted molar refractivity (Wildman–Crippen MR) is 83.1 cm³/mol. The molecule has 0 aliphatic heterocycles. The second-order valence-corrected chi connectivity index (χ2v) is 4.80. The molecule has 0 aromatic carbocycles. The van der Waals surface area contributed by atoms with Gasteiger partial charge in [0.15, 0.2) is 0 Å². The summed E-state index contributed by atoms with van der Waals surface area (Å²) in [6.45, 7) is 4.81. The van der Waals surface area contributed by atoms with Crippen LogP contribution < -0.4 is 10.6 Å². The molecule has 0 radical (unpaired) electrons. The number of amides is 1. The van der Waals surface area contributed by atoms with Gasteiger partial charge in [-0.2, -0.15) is 0 Å². The molecule has 0 fully saturated rings. The van der Waals surface area contributed by atoms with E-state index in [1.54, 1.807) is 18.6 Å². The van der Waals surface area contributed by atoms with E-state index in [0.29, 0.717) is 5.56 Å². The molecule has 0 aliphatic carbocycles. The summed E-state index contributed by atoms with van der Waals surface area (Å²) in [7, 11) is 0. The third-order valence-electron chi connectivity index (χ3n) is 3.11. The fourth-order valence-electron chi connectivity index (χ4n) is 1.97. The molecule has 1 atom stereocenters. The van der Waals surface area contributed by atoms with Crippen LogP contribution in [0.1, 0.15) is 42.4 Å². The standard InChI is InChI=1S/C16H20N4O/c1-3-8-18-15-7-10-17-11-13(15)16(21)20-12(2)14-6-4-5-9-19-14/h4-7,9-12H,3,8H2,1-2H3,(H,17,18)(H,20,21). The Morgan fingerprint density at radius 1 is 1.29 bits per heavy atom. The summed E-state index contributed by atoms with van der Waals surface area (Å²) in [6.07, 6.45) is 5.97. The van der Waals surface area contributed by atoms with Gasteiger partial charge in [-0.15, -0.1) is 0 Å². The van der Waals surface area contributed by atoms with Gasteiger partial charge in [0, 0.05) is 25.1 Å². The van der Waals surface area contributed by atoms with Gasteiger partial charge in [-0.05, 0) is 31.5 Å². The monoisotopic (exact) mass is 284 g/mol. The van der Waals surface area contributed by atoms with Gasteiger partial charge in [-0.3, -0.25) is 14.8 Å². The highest BCUT2D eigenvalue weighted by molar-refractivity contribution is 5.99. The third-order valence-corrected chi connectivity index (χ3v) is 3.11. The number of anilines is 1. The first-order valence-electron chi connectivity index (χ1n) is 7.12. The van der Waals surface area contributed by atoms with Gasteiger partial charge in [0.05, 0.1) is 23.0 Å². The molecule has 2 heterocycles. The molecule has 0 spiro atoms. The van der Waals surface area contributed by atoms with Crippen LogP contribution in [0.3, 0.4) is 0 Å². The summed E-state index contributed by atoms with van der Waals surface area (Å²) in [4.78, 5) is 20.7. The highest BCUT2D eigenvalue weighted by Gasteiger charge is 2.15. The molecule has 0 aliphatic rings. The lowest BCUT2D eigenvalue weighted by Gasteiger charge is -2.15. The Balaban J connectivity index is 2.10. The number of nitrogens with zero attached hydrogens (tertiary/aromatic N) is 2. The van der Waals surface area contributed by atoms with Crippen LogP contribution in [0.25, 0.3) is 0 Å². The fraction of sp³-hybridized carbons (Fsp3) is 0.312.